The highest BCUT2D eigenvalue weighted by atomic mass is 19.1. The Bertz CT molecular complexity index is 935. The van der Waals surface area contributed by atoms with Gasteiger partial charge in [-0.3, -0.25) is 9.69 Å². The van der Waals surface area contributed by atoms with Crippen LogP contribution in [-0.2, 0) is 6.54 Å². The van der Waals surface area contributed by atoms with Crippen molar-refractivity contribution in [3.8, 4) is 6.07 Å². The number of carbonyl (C=O) groups is 1. The van der Waals surface area contributed by atoms with Crippen molar-refractivity contribution < 1.29 is 9.18 Å². The molecular formula is C22H25FN4O. The Morgan fingerprint density at radius 3 is 2.86 bits per heavy atom. The summed E-state index contributed by atoms with van der Waals surface area (Å²) in [5, 5.41) is 15.3. The Balaban J connectivity index is 1.81. The van der Waals surface area contributed by atoms with Crippen LogP contribution < -0.4 is 10.6 Å². The standard InChI is InChI=1S/C22H25FN4O/c1-14-8-19(13-27-7-6-25-15(2)12-27)16(3)21(9-14)26-22(28)17-4-5-20(23)18(10-17)11-24/h4-5,8-10,15,25H,6-7,12-13H2,1-3H3,(H,26,28)/t15-/m0/s1. The third kappa shape index (κ3) is 4.56. The number of halogens is 1. The van der Waals surface area contributed by atoms with Gasteiger partial charge in [0.25, 0.3) is 5.91 Å². The van der Waals surface area contributed by atoms with Gasteiger partial charge in [-0.2, -0.15) is 5.26 Å². The number of rotatable bonds is 4. The SMILES string of the molecule is Cc1cc(CN2CCN[C@@H](C)C2)c(C)c(NC(=O)c2ccc(F)c(C#N)c2)c1. The molecule has 1 heterocycles. The van der Waals surface area contributed by atoms with Gasteiger partial charge in [0.1, 0.15) is 11.9 Å². The molecule has 1 amide bonds. The van der Waals surface area contributed by atoms with Crippen LogP contribution in [0.2, 0.25) is 0 Å². The molecule has 3 rings (SSSR count). The zero-order valence-corrected chi connectivity index (χ0v) is 16.5. The summed E-state index contributed by atoms with van der Waals surface area (Å²) in [7, 11) is 0. The smallest absolute Gasteiger partial charge is 0.255 e. The zero-order chi connectivity index (χ0) is 20.3. The number of nitrogens with one attached hydrogen (secondary N) is 2. The van der Waals surface area contributed by atoms with Crippen molar-refractivity contribution in [2.75, 3.05) is 25.0 Å². The molecule has 0 unspecified atom stereocenters. The van der Waals surface area contributed by atoms with Gasteiger partial charge in [0.2, 0.25) is 0 Å². The predicted molar refractivity (Wildman–Crippen MR) is 108 cm³/mol. The second kappa shape index (κ2) is 8.51. The van der Waals surface area contributed by atoms with Crippen molar-refractivity contribution in [1.82, 2.24) is 10.2 Å². The first-order valence-corrected chi connectivity index (χ1v) is 9.44. The number of nitriles is 1. The molecule has 28 heavy (non-hydrogen) atoms. The molecule has 2 aromatic rings. The van der Waals surface area contributed by atoms with E-state index in [9.17, 15) is 9.18 Å². The third-order valence-corrected chi connectivity index (χ3v) is 5.10. The van der Waals surface area contributed by atoms with Crippen LogP contribution >= 0.6 is 0 Å². The molecule has 5 nitrogen and oxygen atoms in total. The quantitative estimate of drug-likeness (QED) is 0.853. The fourth-order valence-corrected chi connectivity index (χ4v) is 3.57. The summed E-state index contributed by atoms with van der Waals surface area (Å²) in [5.41, 5.74) is 4.13. The van der Waals surface area contributed by atoms with Crippen LogP contribution in [0.1, 0.15) is 39.5 Å². The molecular weight excluding hydrogens is 355 g/mol. The molecule has 1 aliphatic heterocycles. The van der Waals surface area contributed by atoms with Gasteiger partial charge in [0.05, 0.1) is 5.56 Å². The minimum atomic E-state index is -0.627. The van der Waals surface area contributed by atoms with Crippen molar-refractivity contribution >= 4 is 11.6 Å². The highest BCUT2D eigenvalue weighted by Gasteiger charge is 2.18. The van der Waals surface area contributed by atoms with Gasteiger partial charge in [-0.1, -0.05) is 6.07 Å². The molecule has 1 aliphatic rings. The Morgan fingerprint density at radius 2 is 2.14 bits per heavy atom. The van der Waals surface area contributed by atoms with E-state index in [1.165, 1.54) is 17.7 Å². The van der Waals surface area contributed by atoms with E-state index in [-0.39, 0.29) is 17.0 Å². The molecule has 1 saturated heterocycles. The number of hydrogen-bond donors (Lipinski definition) is 2. The lowest BCUT2D eigenvalue weighted by atomic mass is 10.0. The summed E-state index contributed by atoms with van der Waals surface area (Å²) in [4.78, 5) is 15.1. The predicted octanol–water partition coefficient (Wildman–Crippen LogP) is 3.36. The summed E-state index contributed by atoms with van der Waals surface area (Å²) in [6.45, 7) is 9.97. The van der Waals surface area contributed by atoms with Gasteiger partial charge in [-0.15, -0.1) is 0 Å². The van der Waals surface area contributed by atoms with E-state index in [1.54, 1.807) is 6.07 Å². The van der Waals surface area contributed by atoms with Crippen LogP contribution in [0.4, 0.5) is 10.1 Å². The molecule has 1 fully saturated rings. The lowest BCUT2D eigenvalue weighted by molar-refractivity contribution is 0.102. The third-order valence-electron chi connectivity index (χ3n) is 5.10. The number of carbonyl (C=O) groups excluding carboxylic acids is 1. The largest absolute Gasteiger partial charge is 0.322 e. The number of anilines is 1. The minimum Gasteiger partial charge on any atom is -0.322 e. The van der Waals surface area contributed by atoms with Gasteiger partial charge in [-0.25, -0.2) is 4.39 Å². The first-order chi connectivity index (χ1) is 13.4. The maximum Gasteiger partial charge on any atom is 0.255 e. The second-order valence-electron chi connectivity index (χ2n) is 7.45. The van der Waals surface area contributed by atoms with Crippen LogP contribution in [-0.4, -0.2) is 36.5 Å². The average molecular weight is 380 g/mol. The molecule has 0 aromatic heterocycles. The molecule has 0 radical (unpaired) electrons. The number of aryl methyl sites for hydroxylation is 1. The molecule has 0 bridgehead atoms. The van der Waals surface area contributed by atoms with E-state index < -0.39 is 5.82 Å². The number of nitrogens with zero attached hydrogens (tertiary/aromatic N) is 2. The summed E-state index contributed by atoms with van der Waals surface area (Å²) in [6, 6.07) is 10.1. The van der Waals surface area contributed by atoms with Crippen LogP contribution in [0.25, 0.3) is 0 Å². The highest BCUT2D eigenvalue weighted by molar-refractivity contribution is 6.05. The number of benzene rings is 2. The summed E-state index contributed by atoms with van der Waals surface area (Å²) >= 11 is 0. The van der Waals surface area contributed by atoms with E-state index in [1.807, 2.05) is 19.9 Å². The van der Waals surface area contributed by atoms with Crippen molar-refractivity contribution in [1.29, 1.82) is 5.26 Å². The number of hydrogen-bond acceptors (Lipinski definition) is 4. The van der Waals surface area contributed by atoms with E-state index in [0.717, 1.165) is 49.1 Å². The van der Waals surface area contributed by atoms with Crippen molar-refractivity contribution in [2.24, 2.45) is 0 Å². The molecule has 1 atom stereocenters. The molecule has 0 aliphatic carbocycles. The highest BCUT2D eigenvalue weighted by Crippen LogP contribution is 2.24. The average Bonchev–Trinajstić information content (AvgIpc) is 2.65. The van der Waals surface area contributed by atoms with Gasteiger partial charge in [0.15, 0.2) is 0 Å². The van der Waals surface area contributed by atoms with Gasteiger partial charge in [0, 0.05) is 43.5 Å². The Labute approximate surface area is 165 Å². The van der Waals surface area contributed by atoms with E-state index in [2.05, 4.69) is 28.5 Å². The lowest BCUT2D eigenvalue weighted by Gasteiger charge is -2.32. The maximum absolute atomic E-state index is 13.5. The van der Waals surface area contributed by atoms with E-state index in [0.29, 0.717) is 6.04 Å². The zero-order valence-electron chi connectivity index (χ0n) is 16.5. The van der Waals surface area contributed by atoms with Gasteiger partial charge >= 0.3 is 0 Å². The molecule has 2 N–H and O–H groups in total. The fourth-order valence-electron chi connectivity index (χ4n) is 3.57. The van der Waals surface area contributed by atoms with Crippen molar-refractivity contribution in [3.63, 3.8) is 0 Å². The Kier molecular flexibility index (Phi) is 6.08. The monoisotopic (exact) mass is 380 g/mol. The Morgan fingerprint density at radius 1 is 1.36 bits per heavy atom. The lowest BCUT2D eigenvalue weighted by Crippen LogP contribution is -2.48. The first kappa shape index (κ1) is 20.0. The second-order valence-corrected chi connectivity index (χ2v) is 7.45. The van der Waals surface area contributed by atoms with Gasteiger partial charge < -0.3 is 10.6 Å². The molecule has 2 aromatic carbocycles. The first-order valence-electron chi connectivity index (χ1n) is 9.44. The Hall–Kier alpha value is -2.75. The molecule has 0 spiro atoms. The summed E-state index contributed by atoms with van der Waals surface area (Å²) in [6.07, 6.45) is 0. The summed E-state index contributed by atoms with van der Waals surface area (Å²) < 4.78 is 13.5. The van der Waals surface area contributed by atoms with Crippen LogP contribution in [0.5, 0.6) is 0 Å². The van der Waals surface area contributed by atoms with Crippen LogP contribution in [0.3, 0.4) is 0 Å². The van der Waals surface area contributed by atoms with Crippen LogP contribution in [0, 0.1) is 31.0 Å². The van der Waals surface area contributed by atoms with Crippen LogP contribution in [0.15, 0.2) is 30.3 Å². The van der Waals surface area contributed by atoms with E-state index in [4.69, 9.17) is 5.26 Å². The summed E-state index contributed by atoms with van der Waals surface area (Å²) in [5.74, 6) is -0.981. The fraction of sp³-hybridized carbons (Fsp3) is 0.364. The number of amides is 1. The van der Waals surface area contributed by atoms with Gasteiger partial charge in [-0.05, 0) is 61.7 Å². The normalized spacial score (nSPS) is 17.2. The minimum absolute atomic E-state index is 0.137. The molecule has 146 valence electrons. The number of piperazine rings is 1. The molecule has 6 heteroatoms. The van der Waals surface area contributed by atoms with Crippen molar-refractivity contribution in [2.45, 2.75) is 33.4 Å². The molecule has 0 saturated carbocycles. The van der Waals surface area contributed by atoms with E-state index >= 15 is 0 Å². The topological polar surface area (TPSA) is 68.2 Å². The van der Waals surface area contributed by atoms with Crippen molar-refractivity contribution in [3.05, 3.63) is 64.0 Å². The maximum atomic E-state index is 13.5.